The molecule has 18 heavy (non-hydrogen) atoms. The molecule has 4 heteroatoms. The average Bonchev–Trinajstić information content (AvgIpc) is 3.07. The quantitative estimate of drug-likeness (QED) is 0.824. The van der Waals surface area contributed by atoms with Gasteiger partial charge in [-0.15, -0.1) is 0 Å². The molecule has 2 rings (SSSR count). The Morgan fingerprint density at radius 1 is 1.61 bits per heavy atom. The van der Waals surface area contributed by atoms with Crippen molar-refractivity contribution in [2.45, 2.75) is 45.7 Å². The molecule has 0 bridgehead atoms. The number of carboxylic acid groups (broad SMARTS) is 1. The normalized spacial score (nSPS) is 18.8. The van der Waals surface area contributed by atoms with Crippen molar-refractivity contribution in [3.05, 3.63) is 22.4 Å². The Balaban J connectivity index is 2.04. The molecule has 1 atom stereocenters. The van der Waals surface area contributed by atoms with Crippen LogP contribution in [0.15, 0.2) is 16.8 Å². The van der Waals surface area contributed by atoms with E-state index in [2.05, 4.69) is 21.7 Å². The molecule has 1 heterocycles. The fourth-order valence-corrected chi connectivity index (χ4v) is 2.81. The summed E-state index contributed by atoms with van der Waals surface area (Å²) in [5.41, 5.74) is 0.675. The summed E-state index contributed by atoms with van der Waals surface area (Å²) in [6.45, 7) is 5.36. The lowest BCUT2D eigenvalue weighted by Gasteiger charge is -2.31. The van der Waals surface area contributed by atoms with E-state index in [9.17, 15) is 9.90 Å². The first-order valence-corrected chi connectivity index (χ1v) is 7.48. The van der Waals surface area contributed by atoms with Crippen LogP contribution < -0.4 is 0 Å². The first kappa shape index (κ1) is 13.6. The fourth-order valence-electron chi connectivity index (χ4n) is 2.15. The molecule has 1 N–H and O–H groups in total. The van der Waals surface area contributed by atoms with Crippen LogP contribution in [0.25, 0.3) is 0 Å². The van der Waals surface area contributed by atoms with Gasteiger partial charge in [-0.2, -0.15) is 11.3 Å². The highest BCUT2D eigenvalue weighted by Gasteiger charge is 2.38. The Bertz CT molecular complexity index is 400. The zero-order valence-corrected chi connectivity index (χ0v) is 11.9. The lowest BCUT2D eigenvalue weighted by Crippen LogP contribution is -2.41. The SMILES string of the molecule is CCC(C)(CN(Cc1ccsc1)C1CC1)C(=O)O. The smallest absolute Gasteiger partial charge is 0.310 e. The van der Waals surface area contributed by atoms with Crippen LogP contribution in [0.2, 0.25) is 0 Å². The highest BCUT2D eigenvalue weighted by atomic mass is 32.1. The third kappa shape index (κ3) is 3.12. The van der Waals surface area contributed by atoms with E-state index in [0.29, 0.717) is 19.0 Å². The molecule has 1 unspecified atom stereocenters. The average molecular weight is 267 g/mol. The van der Waals surface area contributed by atoms with E-state index in [-0.39, 0.29) is 0 Å². The van der Waals surface area contributed by atoms with Crippen LogP contribution in [0.1, 0.15) is 38.7 Å². The molecule has 0 saturated heterocycles. The summed E-state index contributed by atoms with van der Waals surface area (Å²) >= 11 is 1.70. The lowest BCUT2D eigenvalue weighted by molar-refractivity contribution is -0.149. The van der Waals surface area contributed by atoms with Gasteiger partial charge in [-0.25, -0.2) is 0 Å². The number of carboxylic acids is 1. The van der Waals surface area contributed by atoms with Gasteiger partial charge in [0.2, 0.25) is 0 Å². The van der Waals surface area contributed by atoms with Crippen molar-refractivity contribution in [2.75, 3.05) is 6.54 Å². The Labute approximate surface area is 112 Å². The summed E-state index contributed by atoms with van der Waals surface area (Å²) in [5, 5.41) is 13.6. The number of rotatable bonds is 7. The highest BCUT2D eigenvalue weighted by molar-refractivity contribution is 7.07. The molecular weight excluding hydrogens is 246 g/mol. The second kappa shape index (κ2) is 5.41. The van der Waals surface area contributed by atoms with Crippen LogP contribution in [-0.4, -0.2) is 28.6 Å². The van der Waals surface area contributed by atoms with Crippen molar-refractivity contribution >= 4 is 17.3 Å². The highest BCUT2D eigenvalue weighted by Crippen LogP contribution is 2.33. The molecule has 0 spiro atoms. The minimum atomic E-state index is -0.680. The van der Waals surface area contributed by atoms with Gasteiger partial charge in [0.25, 0.3) is 0 Å². The minimum Gasteiger partial charge on any atom is -0.481 e. The van der Waals surface area contributed by atoms with Crippen LogP contribution >= 0.6 is 11.3 Å². The maximum atomic E-state index is 11.4. The van der Waals surface area contributed by atoms with Crippen molar-refractivity contribution in [1.29, 1.82) is 0 Å². The lowest BCUT2D eigenvalue weighted by atomic mass is 9.87. The summed E-state index contributed by atoms with van der Waals surface area (Å²) in [6, 6.07) is 2.72. The van der Waals surface area contributed by atoms with E-state index < -0.39 is 11.4 Å². The number of hydrogen-bond donors (Lipinski definition) is 1. The summed E-state index contributed by atoms with van der Waals surface area (Å²) in [6.07, 6.45) is 3.10. The molecule has 1 aliphatic rings. The van der Waals surface area contributed by atoms with Gasteiger partial charge < -0.3 is 5.11 Å². The molecule has 1 aromatic heterocycles. The van der Waals surface area contributed by atoms with Crippen LogP contribution in [-0.2, 0) is 11.3 Å². The number of aliphatic carboxylic acids is 1. The van der Waals surface area contributed by atoms with Gasteiger partial charge in [-0.3, -0.25) is 9.69 Å². The number of nitrogens with zero attached hydrogens (tertiary/aromatic N) is 1. The molecule has 1 aliphatic carbocycles. The van der Waals surface area contributed by atoms with Crippen LogP contribution in [0.3, 0.4) is 0 Å². The van der Waals surface area contributed by atoms with E-state index in [1.807, 2.05) is 13.8 Å². The third-order valence-corrected chi connectivity index (χ3v) is 4.61. The topological polar surface area (TPSA) is 40.5 Å². The largest absolute Gasteiger partial charge is 0.481 e. The van der Waals surface area contributed by atoms with Crippen molar-refractivity contribution in [1.82, 2.24) is 4.90 Å². The van der Waals surface area contributed by atoms with Crippen LogP contribution in [0, 0.1) is 5.41 Å². The molecule has 1 saturated carbocycles. The van der Waals surface area contributed by atoms with Crippen molar-refractivity contribution < 1.29 is 9.90 Å². The molecule has 0 radical (unpaired) electrons. The summed E-state index contributed by atoms with van der Waals surface area (Å²) < 4.78 is 0. The molecule has 1 fully saturated rings. The molecule has 1 aromatic rings. The number of carbonyl (C=O) groups is 1. The van der Waals surface area contributed by atoms with Gasteiger partial charge in [0.05, 0.1) is 5.41 Å². The Morgan fingerprint density at radius 2 is 2.33 bits per heavy atom. The summed E-state index contributed by atoms with van der Waals surface area (Å²) in [4.78, 5) is 13.8. The maximum absolute atomic E-state index is 11.4. The van der Waals surface area contributed by atoms with Gasteiger partial charge in [-0.1, -0.05) is 6.92 Å². The zero-order valence-electron chi connectivity index (χ0n) is 11.1. The second-order valence-corrected chi connectivity index (χ2v) is 6.27. The fraction of sp³-hybridized carbons (Fsp3) is 0.643. The summed E-state index contributed by atoms with van der Waals surface area (Å²) in [5.74, 6) is -0.680. The van der Waals surface area contributed by atoms with Crippen LogP contribution in [0.5, 0.6) is 0 Å². The van der Waals surface area contributed by atoms with Crippen LogP contribution in [0.4, 0.5) is 0 Å². The van der Waals surface area contributed by atoms with Crippen molar-refractivity contribution in [2.24, 2.45) is 5.41 Å². The van der Waals surface area contributed by atoms with E-state index >= 15 is 0 Å². The predicted molar refractivity (Wildman–Crippen MR) is 73.8 cm³/mol. The summed E-state index contributed by atoms with van der Waals surface area (Å²) in [7, 11) is 0. The molecular formula is C14H21NO2S. The van der Waals surface area contributed by atoms with Gasteiger partial charge in [0, 0.05) is 19.1 Å². The standard InChI is InChI=1S/C14H21NO2S/c1-3-14(2,13(16)17)10-15(12-4-5-12)8-11-6-7-18-9-11/h6-7,9,12H,3-5,8,10H2,1-2H3,(H,16,17). The monoisotopic (exact) mass is 267 g/mol. The maximum Gasteiger partial charge on any atom is 0.310 e. The number of hydrogen-bond acceptors (Lipinski definition) is 3. The second-order valence-electron chi connectivity index (χ2n) is 5.49. The van der Waals surface area contributed by atoms with Gasteiger partial charge in [-0.05, 0) is 48.6 Å². The Morgan fingerprint density at radius 3 is 2.78 bits per heavy atom. The van der Waals surface area contributed by atoms with Gasteiger partial charge in [0.1, 0.15) is 0 Å². The molecule has 3 nitrogen and oxygen atoms in total. The predicted octanol–water partition coefficient (Wildman–Crippen LogP) is 3.21. The van der Waals surface area contributed by atoms with E-state index in [0.717, 1.165) is 6.54 Å². The Hall–Kier alpha value is -0.870. The minimum absolute atomic E-state index is 0.593. The van der Waals surface area contributed by atoms with Crippen molar-refractivity contribution in [3.63, 3.8) is 0 Å². The molecule has 0 aromatic carbocycles. The molecule has 100 valence electrons. The van der Waals surface area contributed by atoms with Crippen molar-refractivity contribution in [3.8, 4) is 0 Å². The Kier molecular flexibility index (Phi) is 4.07. The first-order chi connectivity index (χ1) is 8.55. The molecule has 0 amide bonds. The van der Waals surface area contributed by atoms with Gasteiger partial charge in [0.15, 0.2) is 0 Å². The first-order valence-electron chi connectivity index (χ1n) is 6.53. The zero-order chi connectivity index (χ0) is 13.2. The number of thiophene rings is 1. The van der Waals surface area contributed by atoms with E-state index in [4.69, 9.17) is 0 Å². The molecule has 0 aliphatic heterocycles. The third-order valence-electron chi connectivity index (χ3n) is 3.88. The van der Waals surface area contributed by atoms with Gasteiger partial charge >= 0.3 is 5.97 Å². The van der Waals surface area contributed by atoms with E-state index in [1.165, 1.54) is 18.4 Å². The van der Waals surface area contributed by atoms with E-state index in [1.54, 1.807) is 11.3 Å².